The molecule has 5 nitrogen and oxygen atoms in total. The van der Waals surface area contributed by atoms with Gasteiger partial charge in [0.1, 0.15) is 17.9 Å². The number of fused-ring (bicyclic) bond motifs is 1. The first-order valence-corrected chi connectivity index (χ1v) is 5.17. The first-order valence-electron chi connectivity index (χ1n) is 5.17. The van der Waals surface area contributed by atoms with Crippen LogP contribution in [0.15, 0.2) is 23.1 Å². The van der Waals surface area contributed by atoms with E-state index in [-0.39, 0.29) is 12.2 Å². The van der Waals surface area contributed by atoms with Crippen LogP contribution >= 0.6 is 0 Å². The number of hydrogen-bond acceptors (Lipinski definition) is 4. The molecule has 0 aliphatic rings. The molecule has 2 heterocycles. The largest absolute Gasteiger partial charge is 0.484 e. The van der Waals surface area contributed by atoms with Crippen molar-refractivity contribution >= 4 is 17.3 Å². The number of ether oxygens (including phenoxy) is 1. The highest BCUT2D eigenvalue weighted by molar-refractivity contribution is 5.82. The number of pyridine rings is 2. The maximum atomic E-state index is 11.6. The van der Waals surface area contributed by atoms with Crippen molar-refractivity contribution < 1.29 is 9.53 Å². The van der Waals surface area contributed by atoms with Crippen molar-refractivity contribution in [3.63, 3.8) is 0 Å². The molecule has 0 bridgehead atoms. The average molecular weight is 232 g/mol. The molecule has 2 rings (SSSR count). The lowest BCUT2D eigenvalue weighted by Crippen LogP contribution is -2.17. The smallest absolute Gasteiger partial charge is 0.250 e. The van der Waals surface area contributed by atoms with Gasteiger partial charge in [-0.05, 0) is 13.0 Å². The Kier molecular flexibility index (Phi) is 2.91. The zero-order chi connectivity index (χ0) is 12.4. The third-order valence-corrected chi connectivity index (χ3v) is 2.56. The highest BCUT2D eigenvalue weighted by atomic mass is 16.5. The standard InChI is InChI=1S/C12H12N2O3/c1-8-7-13-9-3-4-10(16)14(2)11(9)12(8)17-6-5-15/h3-5,7H,6H2,1-2H3. The monoisotopic (exact) mass is 232 g/mol. The molecule has 0 fully saturated rings. The van der Waals surface area contributed by atoms with Gasteiger partial charge in [-0.2, -0.15) is 0 Å². The van der Waals surface area contributed by atoms with Gasteiger partial charge in [-0.25, -0.2) is 0 Å². The molecule has 0 radical (unpaired) electrons. The second-order valence-electron chi connectivity index (χ2n) is 3.71. The summed E-state index contributed by atoms with van der Waals surface area (Å²) >= 11 is 0. The number of aromatic nitrogens is 2. The Morgan fingerprint density at radius 3 is 2.94 bits per heavy atom. The summed E-state index contributed by atoms with van der Waals surface area (Å²) in [6.45, 7) is 1.78. The normalized spacial score (nSPS) is 10.5. The van der Waals surface area contributed by atoms with Crippen molar-refractivity contribution in [3.05, 3.63) is 34.2 Å². The van der Waals surface area contributed by atoms with Gasteiger partial charge in [-0.3, -0.25) is 14.6 Å². The Morgan fingerprint density at radius 2 is 2.24 bits per heavy atom. The minimum atomic E-state index is -0.138. The lowest BCUT2D eigenvalue weighted by molar-refractivity contribution is -0.109. The first kappa shape index (κ1) is 11.3. The topological polar surface area (TPSA) is 61.2 Å². The van der Waals surface area contributed by atoms with Crippen LogP contribution in [0.4, 0.5) is 0 Å². The van der Waals surface area contributed by atoms with Crippen molar-refractivity contribution in [3.8, 4) is 5.75 Å². The minimum Gasteiger partial charge on any atom is -0.484 e. The van der Waals surface area contributed by atoms with Crippen LogP contribution in [-0.2, 0) is 11.8 Å². The number of hydrogen-bond donors (Lipinski definition) is 0. The van der Waals surface area contributed by atoms with E-state index in [9.17, 15) is 9.59 Å². The number of nitrogens with zero attached hydrogens (tertiary/aromatic N) is 2. The van der Waals surface area contributed by atoms with Crippen molar-refractivity contribution in [1.29, 1.82) is 0 Å². The number of carbonyl (C=O) groups is 1. The summed E-state index contributed by atoms with van der Waals surface area (Å²) in [5.41, 5.74) is 1.93. The molecule has 5 heteroatoms. The predicted molar refractivity (Wildman–Crippen MR) is 63.3 cm³/mol. The van der Waals surface area contributed by atoms with Gasteiger partial charge in [0, 0.05) is 24.9 Å². The Hall–Kier alpha value is -2.17. The fraction of sp³-hybridized carbons (Fsp3) is 0.250. The van der Waals surface area contributed by atoms with Crippen LogP contribution in [0, 0.1) is 6.92 Å². The highest BCUT2D eigenvalue weighted by Gasteiger charge is 2.10. The van der Waals surface area contributed by atoms with Crippen LogP contribution < -0.4 is 10.3 Å². The fourth-order valence-electron chi connectivity index (χ4n) is 1.71. The van der Waals surface area contributed by atoms with E-state index in [2.05, 4.69) is 4.98 Å². The molecule has 0 saturated carbocycles. The summed E-state index contributed by atoms with van der Waals surface area (Å²) in [5, 5.41) is 0. The van der Waals surface area contributed by atoms with Crippen LogP contribution in [0.2, 0.25) is 0 Å². The van der Waals surface area contributed by atoms with E-state index in [0.29, 0.717) is 23.1 Å². The van der Waals surface area contributed by atoms with E-state index in [0.717, 1.165) is 5.56 Å². The number of aldehydes is 1. The third kappa shape index (κ3) is 1.91. The fourth-order valence-corrected chi connectivity index (χ4v) is 1.71. The van der Waals surface area contributed by atoms with Gasteiger partial charge in [0.15, 0.2) is 6.29 Å². The lowest BCUT2D eigenvalue weighted by Gasteiger charge is -2.12. The third-order valence-electron chi connectivity index (χ3n) is 2.56. The molecular formula is C12H12N2O3. The number of carbonyl (C=O) groups excluding carboxylic acids is 1. The molecule has 0 spiro atoms. The van der Waals surface area contributed by atoms with E-state index >= 15 is 0 Å². The Labute approximate surface area is 97.7 Å². The second kappa shape index (κ2) is 4.37. The molecule has 2 aromatic heterocycles. The maximum absolute atomic E-state index is 11.6. The summed E-state index contributed by atoms with van der Waals surface area (Å²) in [5.74, 6) is 0.530. The minimum absolute atomic E-state index is 0.0387. The average Bonchev–Trinajstić information content (AvgIpc) is 2.33. The van der Waals surface area contributed by atoms with Crippen molar-refractivity contribution in [1.82, 2.24) is 9.55 Å². The van der Waals surface area contributed by atoms with Crippen LogP contribution in [-0.4, -0.2) is 22.4 Å². The van der Waals surface area contributed by atoms with E-state index in [1.165, 1.54) is 10.6 Å². The molecule has 0 N–H and O–H groups in total. The Morgan fingerprint density at radius 1 is 1.47 bits per heavy atom. The van der Waals surface area contributed by atoms with Crippen LogP contribution in [0.1, 0.15) is 5.56 Å². The van der Waals surface area contributed by atoms with Gasteiger partial charge in [-0.1, -0.05) is 0 Å². The number of rotatable bonds is 3. The van der Waals surface area contributed by atoms with Crippen molar-refractivity contribution in [2.24, 2.45) is 7.05 Å². The van der Waals surface area contributed by atoms with Gasteiger partial charge in [0.05, 0.1) is 5.52 Å². The van der Waals surface area contributed by atoms with Gasteiger partial charge >= 0.3 is 0 Å². The van der Waals surface area contributed by atoms with E-state index in [1.807, 2.05) is 6.92 Å². The SMILES string of the molecule is Cc1cnc2ccc(=O)n(C)c2c1OCC=O. The molecule has 88 valence electrons. The molecule has 0 amide bonds. The molecule has 0 unspecified atom stereocenters. The van der Waals surface area contributed by atoms with Gasteiger partial charge < -0.3 is 9.30 Å². The Balaban J connectivity index is 2.78. The molecule has 0 aliphatic heterocycles. The Bertz CT molecular complexity index is 631. The zero-order valence-electron chi connectivity index (χ0n) is 9.64. The van der Waals surface area contributed by atoms with Gasteiger partial charge in [0.25, 0.3) is 5.56 Å². The summed E-state index contributed by atoms with van der Waals surface area (Å²) < 4.78 is 6.83. The maximum Gasteiger partial charge on any atom is 0.250 e. The summed E-state index contributed by atoms with van der Waals surface area (Å²) in [4.78, 5) is 26.2. The second-order valence-corrected chi connectivity index (χ2v) is 3.71. The first-order chi connectivity index (χ1) is 8.15. The molecule has 2 aromatic rings. The van der Waals surface area contributed by atoms with Crippen molar-refractivity contribution in [2.75, 3.05) is 6.61 Å². The van der Waals surface area contributed by atoms with Crippen LogP contribution in [0.25, 0.3) is 11.0 Å². The predicted octanol–water partition coefficient (Wildman–Crippen LogP) is 0.820. The molecule has 17 heavy (non-hydrogen) atoms. The molecule has 0 aromatic carbocycles. The van der Waals surface area contributed by atoms with E-state index in [4.69, 9.17) is 4.74 Å². The van der Waals surface area contributed by atoms with Crippen LogP contribution in [0.5, 0.6) is 5.75 Å². The van der Waals surface area contributed by atoms with Crippen molar-refractivity contribution in [2.45, 2.75) is 6.92 Å². The zero-order valence-corrected chi connectivity index (χ0v) is 9.64. The van der Waals surface area contributed by atoms with Crippen LogP contribution in [0.3, 0.4) is 0 Å². The summed E-state index contributed by atoms with van der Waals surface area (Å²) in [6.07, 6.45) is 2.33. The molecule has 0 saturated heterocycles. The molecule has 0 atom stereocenters. The van der Waals surface area contributed by atoms with Gasteiger partial charge in [-0.15, -0.1) is 0 Å². The molecular weight excluding hydrogens is 220 g/mol. The van der Waals surface area contributed by atoms with E-state index in [1.54, 1.807) is 19.3 Å². The summed E-state index contributed by atoms with van der Waals surface area (Å²) in [7, 11) is 1.65. The quantitative estimate of drug-likeness (QED) is 0.735. The molecule has 0 aliphatic carbocycles. The number of aryl methyl sites for hydroxylation is 2. The lowest BCUT2D eigenvalue weighted by atomic mass is 10.2. The summed E-state index contributed by atoms with van der Waals surface area (Å²) in [6, 6.07) is 3.10. The highest BCUT2D eigenvalue weighted by Crippen LogP contribution is 2.26. The van der Waals surface area contributed by atoms with E-state index < -0.39 is 0 Å². The van der Waals surface area contributed by atoms with Gasteiger partial charge in [0.2, 0.25) is 0 Å².